The largest absolute Gasteiger partial charge is 0.371 e. The molecule has 0 bridgehead atoms. The van der Waals surface area contributed by atoms with E-state index >= 15 is 0 Å². The molecule has 2 nitrogen and oxygen atoms in total. The Kier molecular flexibility index (Phi) is 3.70. The fraction of sp³-hybridized carbons (Fsp3) is 0.667. The molecule has 0 N–H and O–H groups in total. The third kappa shape index (κ3) is 2.80. The number of hydrogen-bond donors (Lipinski definition) is 0. The molecular formula is C15H24N2. The molecule has 1 aliphatic rings. The van der Waals surface area contributed by atoms with Gasteiger partial charge in [0, 0.05) is 30.7 Å². The second-order valence-corrected chi connectivity index (χ2v) is 5.83. The molecule has 0 amide bonds. The lowest BCUT2D eigenvalue weighted by molar-refractivity contribution is 0.423. The SMILES string of the molecule is CC(C)c1cc(N2CCC(C(C)C)C2)ccn1. The number of anilines is 1. The average molecular weight is 232 g/mol. The monoisotopic (exact) mass is 232 g/mol. The highest BCUT2D eigenvalue weighted by Gasteiger charge is 2.25. The summed E-state index contributed by atoms with van der Waals surface area (Å²) in [6.07, 6.45) is 3.28. The molecule has 0 aromatic carbocycles. The van der Waals surface area contributed by atoms with Crippen molar-refractivity contribution in [2.75, 3.05) is 18.0 Å². The van der Waals surface area contributed by atoms with Gasteiger partial charge in [-0.25, -0.2) is 0 Å². The van der Waals surface area contributed by atoms with Crippen molar-refractivity contribution < 1.29 is 0 Å². The summed E-state index contributed by atoms with van der Waals surface area (Å²) in [6.45, 7) is 11.5. The van der Waals surface area contributed by atoms with Crippen LogP contribution < -0.4 is 4.90 Å². The lowest BCUT2D eigenvalue weighted by Gasteiger charge is -2.21. The first-order valence-corrected chi connectivity index (χ1v) is 6.79. The minimum absolute atomic E-state index is 0.512. The number of pyridine rings is 1. The van der Waals surface area contributed by atoms with Gasteiger partial charge in [0.25, 0.3) is 0 Å². The van der Waals surface area contributed by atoms with E-state index in [0.29, 0.717) is 5.92 Å². The molecule has 94 valence electrons. The van der Waals surface area contributed by atoms with Gasteiger partial charge in [-0.15, -0.1) is 0 Å². The summed E-state index contributed by atoms with van der Waals surface area (Å²) in [6, 6.07) is 4.40. The number of hydrogen-bond acceptors (Lipinski definition) is 2. The first-order valence-electron chi connectivity index (χ1n) is 6.79. The minimum Gasteiger partial charge on any atom is -0.371 e. The standard InChI is InChI=1S/C15H24N2/c1-11(2)13-6-8-17(10-13)14-5-7-16-15(9-14)12(3)4/h5,7,9,11-13H,6,8,10H2,1-4H3. The van der Waals surface area contributed by atoms with E-state index in [0.717, 1.165) is 11.8 Å². The fourth-order valence-electron chi connectivity index (χ4n) is 2.52. The van der Waals surface area contributed by atoms with Crippen molar-refractivity contribution in [2.24, 2.45) is 11.8 Å². The molecule has 0 radical (unpaired) electrons. The highest BCUT2D eigenvalue weighted by molar-refractivity contribution is 5.48. The van der Waals surface area contributed by atoms with E-state index in [4.69, 9.17) is 0 Å². The van der Waals surface area contributed by atoms with E-state index in [1.54, 1.807) is 0 Å². The molecule has 0 spiro atoms. The second-order valence-electron chi connectivity index (χ2n) is 5.83. The Bertz CT molecular complexity index is 371. The van der Waals surface area contributed by atoms with Crippen molar-refractivity contribution in [1.82, 2.24) is 4.98 Å². The summed E-state index contributed by atoms with van der Waals surface area (Å²) >= 11 is 0. The maximum Gasteiger partial charge on any atom is 0.0449 e. The zero-order valence-electron chi connectivity index (χ0n) is 11.5. The predicted octanol–water partition coefficient (Wildman–Crippen LogP) is 3.69. The van der Waals surface area contributed by atoms with E-state index in [1.807, 2.05) is 6.20 Å². The Morgan fingerprint density at radius 1 is 1.29 bits per heavy atom. The van der Waals surface area contributed by atoms with E-state index in [2.05, 4.69) is 49.7 Å². The van der Waals surface area contributed by atoms with Gasteiger partial charge in [0.15, 0.2) is 0 Å². The molecule has 17 heavy (non-hydrogen) atoms. The lowest BCUT2D eigenvalue weighted by atomic mass is 9.95. The van der Waals surface area contributed by atoms with Gasteiger partial charge in [-0.05, 0) is 36.3 Å². The molecule has 1 unspecified atom stereocenters. The van der Waals surface area contributed by atoms with Crippen molar-refractivity contribution in [3.8, 4) is 0 Å². The van der Waals surface area contributed by atoms with Crippen molar-refractivity contribution in [2.45, 2.75) is 40.0 Å². The van der Waals surface area contributed by atoms with Crippen molar-refractivity contribution in [1.29, 1.82) is 0 Å². The summed E-state index contributed by atoms with van der Waals surface area (Å²) in [4.78, 5) is 6.95. The molecule has 1 atom stereocenters. The summed E-state index contributed by atoms with van der Waals surface area (Å²) in [7, 11) is 0. The highest BCUT2D eigenvalue weighted by atomic mass is 15.2. The van der Waals surface area contributed by atoms with Crippen molar-refractivity contribution >= 4 is 5.69 Å². The lowest BCUT2D eigenvalue weighted by Crippen LogP contribution is -2.21. The molecule has 1 aromatic rings. The molecule has 1 aromatic heterocycles. The van der Waals surface area contributed by atoms with Crippen molar-refractivity contribution in [3.63, 3.8) is 0 Å². The molecule has 1 fully saturated rings. The highest BCUT2D eigenvalue weighted by Crippen LogP contribution is 2.29. The van der Waals surface area contributed by atoms with Crippen LogP contribution in [0.4, 0.5) is 5.69 Å². The zero-order chi connectivity index (χ0) is 12.4. The Hall–Kier alpha value is -1.05. The van der Waals surface area contributed by atoms with Gasteiger partial charge in [0.1, 0.15) is 0 Å². The van der Waals surface area contributed by atoms with Crippen LogP contribution >= 0.6 is 0 Å². The van der Waals surface area contributed by atoms with Crippen molar-refractivity contribution in [3.05, 3.63) is 24.0 Å². The van der Waals surface area contributed by atoms with Gasteiger partial charge in [0.2, 0.25) is 0 Å². The van der Waals surface area contributed by atoms with Crippen LogP contribution in [0.5, 0.6) is 0 Å². The van der Waals surface area contributed by atoms with E-state index in [1.165, 1.54) is 30.9 Å². The Labute approximate surface area is 105 Å². The van der Waals surface area contributed by atoms with Gasteiger partial charge in [0.05, 0.1) is 0 Å². The Morgan fingerprint density at radius 2 is 2.06 bits per heavy atom. The maximum absolute atomic E-state index is 4.44. The quantitative estimate of drug-likeness (QED) is 0.790. The number of rotatable bonds is 3. The van der Waals surface area contributed by atoms with Gasteiger partial charge in [-0.2, -0.15) is 0 Å². The molecule has 0 saturated carbocycles. The van der Waals surface area contributed by atoms with Crippen LogP contribution in [0.15, 0.2) is 18.3 Å². The Balaban J connectivity index is 2.11. The first-order chi connectivity index (χ1) is 8.08. The van der Waals surface area contributed by atoms with Crippen LogP contribution in [0.25, 0.3) is 0 Å². The summed E-state index contributed by atoms with van der Waals surface area (Å²) in [5.41, 5.74) is 2.56. The van der Waals surface area contributed by atoms with Crippen LogP contribution in [0, 0.1) is 11.8 Å². The van der Waals surface area contributed by atoms with E-state index in [9.17, 15) is 0 Å². The van der Waals surface area contributed by atoms with Crippen LogP contribution in [0.3, 0.4) is 0 Å². The van der Waals surface area contributed by atoms with Gasteiger partial charge in [-0.3, -0.25) is 4.98 Å². The van der Waals surface area contributed by atoms with Gasteiger partial charge < -0.3 is 4.90 Å². The predicted molar refractivity (Wildman–Crippen MR) is 73.5 cm³/mol. The third-order valence-corrected chi connectivity index (χ3v) is 3.89. The fourth-order valence-corrected chi connectivity index (χ4v) is 2.52. The summed E-state index contributed by atoms with van der Waals surface area (Å²) in [5, 5.41) is 0. The molecule has 2 heterocycles. The van der Waals surface area contributed by atoms with Crippen LogP contribution in [-0.4, -0.2) is 18.1 Å². The van der Waals surface area contributed by atoms with Crippen LogP contribution in [-0.2, 0) is 0 Å². The van der Waals surface area contributed by atoms with Gasteiger partial charge in [-0.1, -0.05) is 27.7 Å². The smallest absolute Gasteiger partial charge is 0.0449 e. The minimum atomic E-state index is 0.512. The second kappa shape index (κ2) is 5.07. The molecule has 2 rings (SSSR count). The molecule has 1 aliphatic heterocycles. The Morgan fingerprint density at radius 3 is 2.65 bits per heavy atom. The zero-order valence-corrected chi connectivity index (χ0v) is 11.5. The van der Waals surface area contributed by atoms with Crippen LogP contribution in [0.1, 0.15) is 45.7 Å². The van der Waals surface area contributed by atoms with E-state index in [-0.39, 0.29) is 0 Å². The topological polar surface area (TPSA) is 16.1 Å². The van der Waals surface area contributed by atoms with Gasteiger partial charge >= 0.3 is 0 Å². The number of aromatic nitrogens is 1. The summed E-state index contributed by atoms with van der Waals surface area (Å²) in [5.74, 6) is 2.16. The van der Waals surface area contributed by atoms with Crippen LogP contribution in [0.2, 0.25) is 0 Å². The first kappa shape index (κ1) is 12.4. The maximum atomic E-state index is 4.44. The molecular weight excluding hydrogens is 208 g/mol. The molecule has 0 aliphatic carbocycles. The normalized spacial score (nSPS) is 20.6. The third-order valence-electron chi connectivity index (χ3n) is 3.89. The molecule has 1 saturated heterocycles. The summed E-state index contributed by atoms with van der Waals surface area (Å²) < 4.78 is 0. The number of nitrogens with zero attached hydrogens (tertiary/aromatic N) is 2. The molecule has 2 heteroatoms. The van der Waals surface area contributed by atoms with E-state index < -0.39 is 0 Å². The average Bonchev–Trinajstić information content (AvgIpc) is 2.78.